The summed E-state index contributed by atoms with van der Waals surface area (Å²) in [6, 6.07) is 23.1. The van der Waals surface area contributed by atoms with E-state index in [0.29, 0.717) is 38.8 Å². The van der Waals surface area contributed by atoms with Gasteiger partial charge in [-0.15, -0.1) is 0 Å². The highest BCUT2D eigenvalue weighted by molar-refractivity contribution is 6.58. The summed E-state index contributed by atoms with van der Waals surface area (Å²) in [4.78, 5) is 22.3. The number of hydrogen-bond acceptors (Lipinski definition) is 6. The Morgan fingerprint density at radius 1 is 0.860 bits per heavy atom. The van der Waals surface area contributed by atoms with Gasteiger partial charge in [0.15, 0.2) is 0 Å². The number of aryl methyl sites for hydroxylation is 3. The van der Waals surface area contributed by atoms with Crippen LogP contribution in [0.2, 0.25) is 5.02 Å². The van der Waals surface area contributed by atoms with Crippen molar-refractivity contribution in [2.75, 3.05) is 12.5 Å². The molecule has 0 atom stereocenters. The minimum atomic E-state index is -0.521. The number of nitrogens with one attached hydrogen (secondary N) is 1. The Balaban J connectivity index is 1.49. The van der Waals surface area contributed by atoms with Crippen molar-refractivity contribution in [3.63, 3.8) is 0 Å². The first-order chi connectivity index (χ1) is 20.6. The second-order valence-electron chi connectivity index (χ2n) is 10.1. The molecule has 0 saturated heterocycles. The lowest BCUT2D eigenvalue weighted by Gasteiger charge is -2.17. The second-order valence-corrected chi connectivity index (χ2v) is 10.5. The summed E-state index contributed by atoms with van der Waals surface area (Å²) in [7, 11) is 1.48. The average molecular weight is 593 g/mol. The topological polar surface area (TPSA) is 116 Å². The number of hydrazone groups is 1. The van der Waals surface area contributed by atoms with E-state index < -0.39 is 11.7 Å². The summed E-state index contributed by atoms with van der Waals surface area (Å²) in [5.74, 6) is -0.733. The number of fused-ring (bicyclic) bond motifs is 1. The van der Waals surface area contributed by atoms with E-state index in [2.05, 4.69) is 20.5 Å². The Labute approximate surface area is 254 Å². The molecule has 0 fully saturated rings. The molecule has 4 aromatic carbocycles. The number of anilines is 1. The summed E-state index contributed by atoms with van der Waals surface area (Å²) >= 11 is 6.12. The molecule has 216 valence electrons. The van der Waals surface area contributed by atoms with Gasteiger partial charge in [-0.1, -0.05) is 59.6 Å². The first-order valence-electron chi connectivity index (χ1n) is 13.4. The Bertz CT molecular complexity index is 1870. The normalized spacial score (nSPS) is 14.4. The van der Waals surface area contributed by atoms with Gasteiger partial charge in [-0.2, -0.15) is 5.10 Å². The molecule has 3 N–H and O–H groups in total. The predicted octanol–water partition coefficient (Wildman–Crippen LogP) is 7.98. The van der Waals surface area contributed by atoms with Crippen molar-refractivity contribution >= 4 is 58.0 Å². The molecular formula is C34H29ClN4O4. The molecular weight excluding hydrogens is 564 g/mol. The fourth-order valence-corrected chi connectivity index (χ4v) is 4.84. The molecule has 0 amide bonds. The number of ketones is 1. The molecule has 4 aromatic rings. The molecule has 0 spiro atoms. The van der Waals surface area contributed by atoms with Crippen LogP contribution in [0.1, 0.15) is 33.4 Å². The third kappa shape index (κ3) is 6.34. The first kappa shape index (κ1) is 29.3. The number of aliphatic imine (C=N–C) groups is 2. The van der Waals surface area contributed by atoms with Crippen molar-refractivity contribution in [1.29, 1.82) is 0 Å². The van der Waals surface area contributed by atoms with Crippen LogP contribution in [0.15, 0.2) is 99.5 Å². The minimum absolute atomic E-state index is 0.0326. The van der Waals surface area contributed by atoms with Gasteiger partial charge < -0.3 is 14.9 Å². The number of Topliss-reactive ketones (excluding diaryl/α,β-unsaturated/α-hetero) is 1. The van der Waals surface area contributed by atoms with Gasteiger partial charge in [-0.3, -0.25) is 10.2 Å². The van der Waals surface area contributed by atoms with Crippen LogP contribution in [0.25, 0.3) is 6.08 Å². The second kappa shape index (κ2) is 12.3. The van der Waals surface area contributed by atoms with Crippen LogP contribution >= 0.6 is 11.6 Å². The maximum absolute atomic E-state index is 13.7. The monoisotopic (exact) mass is 592 g/mol. The summed E-state index contributed by atoms with van der Waals surface area (Å²) in [6.45, 7) is 5.80. The molecule has 5 rings (SSSR count). The number of nitrogens with zero attached hydrogens (tertiary/aromatic N) is 3. The Kier molecular flexibility index (Phi) is 8.41. The van der Waals surface area contributed by atoms with Crippen LogP contribution in [0.4, 0.5) is 17.1 Å². The molecule has 8 nitrogen and oxygen atoms in total. The zero-order valence-electron chi connectivity index (χ0n) is 24.0. The maximum Gasteiger partial charge on any atom is 0.223 e. The number of carbonyl (C=O) groups excluding carboxylic acids is 1. The predicted molar refractivity (Wildman–Crippen MR) is 173 cm³/mol. The lowest BCUT2D eigenvalue weighted by molar-refractivity contribution is -0.109. The van der Waals surface area contributed by atoms with Crippen molar-refractivity contribution in [1.82, 2.24) is 0 Å². The highest BCUT2D eigenvalue weighted by Crippen LogP contribution is 2.32. The molecule has 0 unspecified atom stereocenters. The zero-order chi connectivity index (χ0) is 30.7. The van der Waals surface area contributed by atoms with E-state index in [1.807, 2.05) is 63.2 Å². The number of rotatable bonds is 7. The molecule has 0 bridgehead atoms. The van der Waals surface area contributed by atoms with Crippen LogP contribution in [0.3, 0.4) is 0 Å². The molecule has 0 aromatic heterocycles. The highest BCUT2D eigenvalue weighted by Gasteiger charge is 2.29. The standard InChI is InChI=1S/C34H29ClN4O4/c1-19-9-13-25(21(3)15-19)33(41)36-24-12-10-20(2)28(18-24)38-39-31-26-8-6-5-7-22(26)16-27(32(31)40)34(42)37-29-17-23(35)11-14-30(29)43-4/h5-18,38H,1-4H3,(H,36,41)(H,37,42)/b39-31+. The van der Waals surface area contributed by atoms with Gasteiger partial charge in [0, 0.05) is 16.1 Å². The van der Waals surface area contributed by atoms with Crippen LogP contribution < -0.4 is 10.2 Å². The van der Waals surface area contributed by atoms with Gasteiger partial charge in [-0.25, -0.2) is 9.98 Å². The van der Waals surface area contributed by atoms with Crippen LogP contribution in [-0.2, 0) is 4.79 Å². The van der Waals surface area contributed by atoms with E-state index in [-0.39, 0.29) is 22.9 Å². The summed E-state index contributed by atoms with van der Waals surface area (Å²) < 4.78 is 5.32. The number of halogens is 1. The van der Waals surface area contributed by atoms with Gasteiger partial charge in [0.1, 0.15) is 17.1 Å². The number of ether oxygens (including phenoxy) is 1. The fraction of sp³-hybridized carbons (Fsp3) is 0.118. The van der Waals surface area contributed by atoms with E-state index in [0.717, 1.165) is 16.7 Å². The quantitative estimate of drug-likeness (QED) is 0.114. The van der Waals surface area contributed by atoms with Crippen molar-refractivity contribution in [2.24, 2.45) is 15.1 Å². The largest absolute Gasteiger partial charge is 0.494 e. The minimum Gasteiger partial charge on any atom is -0.494 e. The summed E-state index contributed by atoms with van der Waals surface area (Å²) in [5.41, 5.74) is 9.19. The molecule has 1 aliphatic carbocycles. The molecule has 0 radical (unpaired) electrons. The summed E-state index contributed by atoms with van der Waals surface area (Å²) in [6.07, 6.45) is 1.57. The molecule has 0 heterocycles. The van der Waals surface area contributed by atoms with Crippen LogP contribution in [0.5, 0.6) is 5.75 Å². The molecule has 0 aliphatic heterocycles. The number of hydrogen-bond donors (Lipinski definition) is 3. The average Bonchev–Trinajstić information content (AvgIpc) is 2.98. The van der Waals surface area contributed by atoms with Crippen molar-refractivity contribution in [2.45, 2.75) is 20.8 Å². The lowest BCUT2D eigenvalue weighted by Crippen LogP contribution is -2.27. The number of aliphatic hydroxyl groups is 2. The molecule has 0 saturated carbocycles. The number of benzene rings is 4. The Morgan fingerprint density at radius 2 is 1.65 bits per heavy atom. The summed E-state index contributed by atoms with van der Waals surface area (Å²) in [5, 5.41) is 26.6. The lowest BCUT2D eigenvalue weighted by atomic mass is 9.89. The Morgan fingerprint density at radius 3 is 2.42 bits per heavy atom. The Hall–Kier alpha value is -5.21. The molecule has 9 heteroatoms. The maximum atomic E-state index is 13.7. The van der Waals surface area contributed by atoms with E-state index in [4.69, 9.17) is 16.3 Å². The third-order valence-electron chi connectivity index (χ3n) is 6.95. The smallest absolute Gasteiger partial charge is 0.223 e. The van der Waals surface area contributed by atoms with E-state index in [1.165, 1.54) is 13.2 Å². The zero-order valence-corrected chi connectivity index (χ0v) is 24.8. The number of aliphatic hydroxyl groups excluding tert-OH is 2. The van der Waals surface area contributed by atoms with E-state index in [9.17, 15) is 15.0 Å². The van der Waals surface area contributed by atoms with E-state index in [1.54, 1.807) is 36.4 Å². The van der Waals surface area contributed by atoms with Gasteiger partial charge in [0.05, 0.1) is 24.1 Å². The van der Waals surface area contributed by atoms with Gasteiger partial charge in [0.25, 0.3) is 0 Å². The molecule has 43 heavy (non-hydrogen) atoms. The SMILES string of the molecule is COc1ccc(Cl)cc1N=C(O)C1=Cc2ccccc2/C(=N\Nc2cc(N=C(O)c3ccc(C)cc3C)ccc2C)C1=O. The van der Waals surface area contributed by atoms with Crippen molar-refractivity contribution in [3.05, 3.63) is 123 Å². The third-order valence-corrected chi connectivity index (χ3v) is 7.19. The molecule has 1 aliphatic rings. The van der Waals surface area contributed by atoms with Gasteiger partial charge in [0.2, 0.25) is 17.6 Å². The van der Waals surface area contributed by atoms with Crippen molar-refractivity contribution in [3.8, 4) is 5.75 Å². The van der Waals surface area contributed by atoms with E-state index >= 15 is 0 Å². The number of methoxy groups -OCH3 is 1. The van der Waals surface area contributed by atoms with Gasteiger partial charge >= 0.3 is 0 Å². The number of carbonyl (C=O) groups is 1. The van der Waals surface area contributed by atoms with Crippen LogP contribution in [0, 0.1) is 20.8 Å². The van der Waals surface area contributed by atoms with Gasteiger partial charge in [-0.05, 0) is 79.9 Å². The fourth-order valence-electron chi connectivity index (χ4n) is 4.67. The first-order valence-corrected chi connectivity index (χ1v) is 13.8. The van der Waals surface area contributed by atoms with Crippen LogP contribution in [-0.4, -0.2) is 40.6 Å². The van der Waals surface area contributed by atoms with Crippen molar-refractivity contribution < 1.29 is 19.7 Å². The highest BCUT2D eigenvalue weighted by atomic mass is 35.5.